The van der Waals surface area contributed by atoms with Crippen molar-refractivity contribution in [1.29, 1.82) is 0 Å². The maximum atomic E-state index is 13.3. The Labute approximate surface area is 201 Å². The van der Waals surface area contributed by atoms with Crippen LogP contribution in [0, 0.1) is 0 Å². The number of nitrogens with zero attached hydrogens (tertiary/aromatic N) is 3. The number of rotatable bonds is 4. The summed E-state index contributed by atoms with van der Waals surface area (Å²) in [7, 11) is 1.66. The van der Waals surface area contributed by atoms with Crippen LogP contribution in [0.3, 0.4) is 0 Å². The van der Waals surface area contributed by atoms with Gasteiger partial charge in [-0.2, -0.15) is 13.2 Å². The number of likely N-dealkylation sites (N-methyl/N-ethyl adjacent to an activating group) is 1. The quantitative estimate of drug-likeness (QED) is 0.696. The number of anilines is 1. The molecule has 0 aromatic heterocycles. The molecule has 0 saturated carbocycles. The number of alkyl halides is 3. The molecule has 10 heteroatoms. The van der Waals surface area contributed by atoms with E-state index in [9.17, 15) is 27.9 Å². The third-order valence-corrected chi connectivity index (χ3v) is 6.82. The minimum absolute atomic E-state index is 0.0962. The number of carboxylic acid groups (broad SMARTS) is 1. The molecule has 188 valence electrons. The molecule has 2 aromatic rings. The van der Waals surface area contributed by atoms with Crippen molar-refractivity contribution in [2.75, 3.05) is 51.3 Å². The smallest absolute Gasteiger partial charge is 0.416 e. The van der Waals surface area contributed by atoms with E-state index in [0.717, 1.165) is 30.9 Å². The first kappa shape index (κ1) is 24.8. The van der Waals surface area contributed by atoms with Crippen LogP contribution in [0.15, 0.2) is 48.5 Å². The van der Waals surface area contributed by atoms with Gasteiger partial charge >= 0.3 is 12.3 Å². The molecular weight excluding hydrogens is 463 g/mol. The maximum absolute atomic E-state index is 13.3. The first-order chi connectivity index (χ1) is 16.6. The molecule has 1 N–H and O–H groups in total. The van der Waals surface area contributed by atoms with Crippen molar-refractivity contribution >= 4 is 17.7 Å². The van der Waals surface area contributed by atoms with Gasteiger partial charge in [-0.05, 0) is 48.4 Å². The molecule has 0 radical (unpaired) electrons. The Hall–Kier alpha value is -3.27. The van der Waals surface area contributed by atoms with Crippen molar-refractivity contribution in [2.45, 2.75) is 24.6 Å². The molecule has 2 aromatic carbocycles. The number of halogens is 3. The number of ether oxygens (including phenoxy) is 1. The van der Waals surface area contributed by atoms with Crippen LogP contribution in [0.5, 0.6) is 0 Å². The molecule has 2 atom stereocenters. The zero-order valence-corrected chi connectivity index (χ0v) is 19.4. The van der Waals surface area contributed by atoms with Gasteiger partial charge in [-0.15, -0.1) is 0 Å². The highest BCUT2D eigenvalue weighted by molar-refractivity contribution is 5.94. The predicted molar refractivity (Wildman–Crippen MR) is 124 cm³/mol. The fourth-order valence-electron chi connectivity index (χ4n) is 4.81. The van der Waals surface area contributed by atoms with E-state index in [0.29, 0.717) is 30.8 Å². The van der Waals surface area contributed by atoms with E-state index >= 15 is 0 Å². The van der Waals surface area contributed by atoms with E-state index < -0.39 is 23.8 Å². The van der Waals surface area contributed by atoms with Gasteiger partial charge in [0.25, 0.3) is 5.91 Å². The molecule has 35 heavy (non-hydrogen) atoms. The highest BCUT2D eigenvalue weighted by Crippen LogP contribution is 2.34. The van der Waals surface area contributed by atoms with Gasteiger partial charge in [-0.25, -0.2) is 4.79 Å². The lowest BCUT2D eigenvalue weighted by Crippen LogP contribution is -2.51. The summed E-state index contributed by atoms with van der Waals surface area (Å²) in [5.74, 6) is -0.673. The largest absolute Gasteiger partial charge is 0.465 e. The molecule has 2 saturated heterocycles. The van der Waals surface area contributed by atoms with Crippen molar-refractivity contribution in [3.63, 3.8) is 0 Å². The molecule has 2 amide bonds. The number of amides is 2. The summed E-state index contributed by atoms with van der Waals surface area (Å²) in [5.41, 5.74) is 1.30. The van der Waals surface area contributed by atoms with Gasteiger partial charge in [0.2, 0.25) is 0 Å². The summed E-state index contributed by atoms with van der Waals surface area (Å²) in [4.78, 5) is 29.9. The van der Waals surface area contributed by atoms with Crippen LogP contribution in [0.2, 0.25) is 0 Å². The zero-order valence-electron chi connectivity index (χ0n) is 19.4. The zero-order chi connectivity index (χ0) is 25.2. The molecule has 0 bridgehead atoms. The lowest BCUT2D eigenvalue weighted by atomic mass is 9.84. The second-order valence-corrected chi connectivity index (χ2v) is 8.87. The van der Waals surface area contributed by atoms with Crippen molar-refractivity contribution in [2.24, 2.45) is 0 Å². The fraction of sp³-hybridized carbons (Fsp3) is 0.440. The normalized spacial score (nSPS) is 21.0. The van der Waals surface area contributed by atoms with Crippen LogP contribution in [0.4, 0.5) is 23.7 Å². The standard InChI is InChI=1S/C25H28F3N3O4/c1-29(23(32)18-4-8-20(9-5-18)30-12-14-35-15-13-30)22-10-11-31(24(33)34)16-21(22)17-2-6-19(7-3-17)25(26,27)28/h2-9,21-22H,10-16H2,1H3,(H,33,34)/t21-,22+/m0/s1. The van der Waals surface area contributed by atoms with Crippen LogP contribution in [0.1, 0.15) is 33.8 Å². The summed E-state index contributed by atoms with van der Waals surface area (Å²) < 4.78 is 44.5. The Morgan fingerprint density at radius 3 is 2.20 bits per heavy atom. The van der Waals surface area contributed by atoms with Crippen LogP contribution in [0.25, 0.3) is 0 Å². The topological polar surface area (TPSA) is 73.3 Å². The van der Waals surface area contributed by atoms with E-state index in [2.05, 4.69) is 4.90 Å². The van der Waals surface area contributed by atoms with E-state index in [-0.39, 0.29) is 25.0 Å². The van der Waals surface area contributed by atoms with Crippen molar-refractivity contribution in [1.82, 2.24) is 9.80 Å². The number of hydrogen-bond donors (Lipinski definition) is 1. The molecular formula is C25H28F3N3O4. The third-order valence-electron chi connectivity index (χ3n) is 6.82. The highest BCUT2D eigenvalue weighted by Gasteiger charge is 2.37. The van der Waals surface area contributed by atoms with Gasteiger partial charge in [0.15, 0.2) is 0 Å². The van der Waals surface area contributed by atoms with Gasteiger partial charge in [-0.3, -0.25) is 4.79 Å². The van der Waals surface area contributed by atoms with Gasteiger partial charge in [0.05, 0.1) is 18.8 Å². The fourth-order valence-corrected chi connectivity index (χ4v) is 4.81. The first-order valence-electron chi connectivity index (χ1n) is 11.5. The van der Waals surface area contributed by atoms with E-state index in [4.69, 9.17) is 4.74 Å². The van der Waals surface area contributed by atoms with Gasteiger partial charge < -0.3 is 24.5 Å². The minimum Gasteiger partial charge on any atom is -0.465 e. The maximum Gasteiger partial charge on any atom is 0.416 e. The summed E-state index contributed by atoms with van der Waals surface area (Å²) in [5, 5.41) is 9.48. The minimum atomic E-state index is -4.46. The number of benzene rings is 2. The number of piperidine rings is 1. The number of hydrogen-bond acceptors (Lipinski definition) is 4. The second-order valence-electron chi connectivity index (χ2n) is 8.87. The predicted octanol–water partition coefficient (Wildman–Crippen LogP) is 4.15. The first-order valence-corrected chi connectivity index (χ1v) is 11.5. The average molecular weight is 492 g/mol. The van der Waals surface area contributed by atoms with Crippen LogP contribution in [-0.2, 0) is 10.9 Å². The van der Waals surface area contributed by atoms with Crippen molar-refractivity contribution < 1.29 is 32.6 Å². The summed E-state index contributed by atoms with van der Waals surface area (Å²) in [6.07, 6.45) is -5.17. The summed E-state index contributed by atoms with van der Waals surface area (Å²) in [6, 6.07) is 11.7. The van der Waals surface area contributed by atoms with Crippen LogP contribution < -0.4 is 4.90 Å². The van der Waals surface area contributed by atoms with Gasteiger partial charge in [0, 0.05) is 56.4 Å². The molecule has 0 spiro atoms. The molecule has 7 nitrogen and oxygen atoms in total. The molecule has 0 unspecified atom stereocenters. The molecule has 2 heterocycles. The van der Waals surface area contributed by atoms with Crippen LogP contribution in [-0.4, -0.2) is 79.4 Å². The van der Waals surface area contributed by atoms with Gasteiger partial charge in [-0.1, -0.05) is 12.1 Å². The highest BCUT2D eigenvalue weighted by atomic mass is 19.4. The summed E-state index contributed by atoms with van der Waals surface area (Å²) >= 11 is 0. The average Bonchev–Trinajstić information content (AvgIpc) is 2.87. The number of carbonyl (C=O) groups is 2. The van der Waals surface area contributed by atoms with E-state index in [1.165, 1.54) is 17.0 Å². The Bertz CT molecular complexity index is 1040. The molecule has 2 fully saturated rings. The third kappa shape index (κ3) is 5.53. The number of likely N-dealkylation sites (tertiary alicyclic amines) is 1. The molecule has 2 aliphatic heterocycles. The van der Waals surface area contributed by atoms with E-state index in [1.54, 1.807) is 24.1 Å². The van der Waals surface area contributed by atoms with Gasteiger partial charge in [0.1, 0.15) is 0 Å². The summed E-state index contributed by atoms with van der Waals surface area (Å²) in [6.45, 7) is 3.21. The number of morpholine rings is 1. The lowest BCUT2D eigenvalue weighted by Gasteiger charge is -2.42. The Morgan fingerprint density at radius 1 is 1.00 bits per heavy atom. The van der Waals surface area contributed by atoms with Crippen LogP contribution >= 0.6 is 0 Å². The molecule has 4 rings (SSSR count). The van der Waals surface area contributed by atoms with E-state index in [1.807, 2.05) is 12.1 Å². The molecule has 0 aliphatic carbocycles. The molecule has 2 aliphatic rings. The van der Waals surface area contributed by atoms with Crippen molar-refractivity contribution in [3.05, 3.63) is 65.2 Å². The monoisotopic (exact) mass is 491 g/mol. The Kier molecular flexibility index (Phi) is 7.20. The SMILES string of the molecule is CN(C(=O)c1ccc(N2CCOCC2)cc1)[C@@H]1CCN(C(=O)O)C[C@H]1c1ccc(C(F)(F)F)cc1. The van der Waals surface area contributed by atoms with Crippen molar-refractivity contribution in [3.8, 4) is 0 Å². The second kappa shape index (κ2) is 10.2. The Balaban J connectivity index is 1.54. The Morgan fingerprint density at radius 2 is 1.63 bits per heavy atom. The number of carbonyl (C=O) groups excluding carboxylic acids is 1. The lowest BCUT2D eigenvalue weighted by molar-refractivity contribution is -0.137.